The third-order valence-corrected chi connectivity index (χ3v) is 3.07. The van der Waals surface area contributed by atoms with Gasteiger partial charge in [0.05, 0.1) is 29.9 Å². The highest BCUT2D eigenvalue weighted by Gasteiger charge is 2.15. The van der Waals surface area contributed by atoms with Crippen molar-refractivity contribution in [1.29, 1.82) is 10.5 Å². The number of nitrogens with zero attached hydrogens (tertiary/aromatic N) is 4. The van der Waals surface area contributed by atoms with Crippen LogP contribution in [0, 0.1) is 39.7 Å². The summed E-state index contributed by atoms with van der Waals surface area (Å²) in [6.45, 7) is 1.80. The minimum Gasteiger partial charge on any atom is -0.484 e. The molecule has 120 valence electrons. The number of hydrogen-bond acceptors (Lipinski definition) is 6. The van der Waals surface area contributed by atoms with Crippen molar-refractivity contribution < 1.29 is 14.5 Å². The first-order chi connectivity index (χ1) is 11.0. The van der Waals surface area contributed by atoms with Crippen molar-refractivity contribution in [2.24, 2.45) is 0 Å². The van der Waals surface area contributed by atoms with Gasteiger partial charge in [0, 0.05) is 24.7 Å². The molecular formula is C15H16N4O4. The predicted molar refractivity (Wildman–Crippen MR) is 80.4 cm³/mol. The smallest absolute Gasteiger partial charge is 0.272 e. The highest BCUT2D eigenvalue weighted by Crippen LogP contribution is 2.23. The summed E-state index contributed by atoms with van der Waals surface area (Å²) in [5.41, 5.74) is 0.416. The Labute approximate surface area is 133 Å². The molecule has 8 nitrogen and oxygen atoms in total. The van der Waals surface area contributed by atoms with Crippen molar-refractivity contribution in [3.63, 3.8) is 0 Å². The van der Waals surface area contributed by atoms with E-state index in [1.807, 2.05) is 12.1 Å². The van der Waals surface area contributed by atoms with Crippen LogP contribution in [-0.4, -0.2) is 35.4 Å². The van der Waals surface area contributed by atoms with Crippen LogP contribution in [-0.2, 0) is 4.79 Å². The molecule has 0 N–H and O–H groups in total. The van der Waals surface area contributed by atoms with E-state index in [0.29, 0.717) is 11.3 Å². The van der Waals surface area contributed by atoms with Crippen LogP contribution in [0.15, 0.2) is 18.2 Å². The molecule has 0 fully saturated rings. The number of ether oxygens (including phenoxy) is 1. The lowest BCUT2D eigenvalue weighted by atomic mass is 10.2. The lowest BCUT2D eigenvalue weighted by molar-refractivity contribution is -0.385. The fraction of sp³-hybridized carbons (Fsp3) is 0.400. The highest BCUT2D eigenvalue weighted by molar-refractivity contribution is 5.77. The number of carbonyl (C=O) groups is 1. The molecule has 0 bridgehead atoms. The number of aryl methyl sites for hydroxylation is 1. The maximum Gasteiger partial charge on any atom is 0.272 e. The Morgan fingerprint density at radius 3 is 2.39 bits per heavy atom. The van der Waals surface area contributed by atoms with E-state index in [1.54, 1.807) is 6.92 Å². The van der Waals surface area contributed by atoms with Crippen LogP contribution in [0.5, 0.6) is 5.75 Å². The second-order valence-corrected chi connectivity index (χ2v) is 4.69. The highest BCUT2D eigenvalue weighted by atomic mass is 16.6. The number of rotatable bonds is 8. The van der Waals surface area contributed by atoms with Crippen molar-refractivity contribution in [2.75, 3.05) is 19.7 Å². The Morgan fingerprint density at radius 1 is 1.30 bits per heavy atom. The quantitative estimate of drug-likeness (QED) is 0.533. The molecule has 0 unspecified atom stereocenters. The van der Waals surface area contributed by atoms with Gasteiger partial charge in [0.25, 0.3) is 11.6 Å². The molecule has 0 saturated carbocycles. The molecule has 1 aromatic rings. The normalized spacial score (nSPS) is 9.52. The minimum absolute atomic E-state index is 0.0201. The summed E-state index contributed by atoms with van der Waals surface area (Å²) in [6, 6.07) is 8.12. The Kier molecular flexibility index (Phi) is 7.02. The molecule has 0 aromatic heterocycles. The van der Waals surface area contributed by atoms with E-state index in [4.69, 9.17) is 15.3 Å². The SMILES string of the molecule is Cc1cc(OCC(=O)N(CCC#N)CCC#N)ccc1[N+](=O)[O-]. The topological polar surface area (TPSA) is 120 Å². The summed E-state index contributed by atoms with van der Waals surface area (Å²) in [7, 11) is 0. The zero-order valence-corrected chi connectivity index (χ0v) is 12.7. The molecule has 0 spiro atoms. The number of benzene rings is 1. The van der Waals surface area contributed by atoms with E-state index in [9.17, 15) is 14.9 Å². The Balaban J connectivity index is 2.66. The van der Waals surface area contributed by atoms with E-state index in [2.05, 4.69) is 0 Å². The van der Waals surface area contributed by atoms with Crippen LogP contribution in [0.2, 0.25) is 0 Å². The van der Waals surface area contributed by atoms with Gasteiger partial charge in [-0.25, -0.2) is 0 Å². The van der Waals surface area contributed by atoms with Crippen molar-refractivity contribution in [3.05, 3.63) is 33.9 Å². The van der Waals surface area contributed by atoms with Crippen LogP contribution in [0.3, 0.4) is 0 Å². The molecule has 23 heavy (non-hydrogen) atoms. The molecule has 0 aliphatic carbocycles. The number of nitro benzene ring substituents is 1. The van der Waals surface area contributed by atoms with Crippen LogP contribution in [0.25, 0.3) is 0 Å². The van der Waals surface area contributed by atoms with Gasteiger partial charge in [-0.15, -0.1) is 0 Å². The van der Waals surface area contributed by atoms with Crippen molar-refractivity contribution in [3.8, 4) is 17.9 Å². The number of nitriles is 2. The Hall–Kier alpha value is -3.13. The molecule has 1 amide bonds. The predicted octanol–water partition coefficient (Wildman–Crippen LogP) is 1.94. The summed E-state index contributed by atoms with van der Waals surface area (Å²) in [5.74, 6) is 0.00784. The molecular weight excluding hydrogens is 300 g/mol. The lowest BCUT2D eigenvalue weighted by Gasteiger charge is -2.20. The van der Waals surface area contributed by atoms with Gasteiger partial charge in [0.2, 0.25) is 0 Å². The van der Waals surface area contributed by atoms with Crippen LogP contribution >= 0.6 is 0 Å². The van der Waals surface area contributed by atoms with Crippen LogP contribution in [0.1, 0.15) is 18.4 Å². The first-order valence-electron chi connectivity index (χ1n) is 6.89. The summed E-state index contributed by atoms with van der Waals surface area (Å²) in [4.78, 5) is 23.7. The number of nitro groups is 1. The summed E-state index contributed by atoms with van der Waals surface area (Å²) in [6.07, 6.45) is 0.349. The largest absolute Gasteiger partial charge is 0.484 e. The van der Waals surface area contributed by atoms with Crippen molar-refractivity contribution >= 4 is 11.6 Å². The van der Waals surface area contributed by atoms with Gasteiger partial charge in [-0.2, -0.15) is 10.5 Å². The van der Waals surface area contributed by atoms with E-state index in [0.717, 1.165) is 0 Å². The van der Waals surface area contributed by atoms with Gasteiger partial charge in [0.15, 0.2) is 6.61 Å². The van der Waals surface area contributed by atoms with E-state index < -0.39 is 4.92 Å². The monoisotopic (exact) mass is 316 g/mol. The minimum atomic E-state index is -0.490. The van der Waals surface area contributed by atoms with Crippen LogP contribution < -0.4 is 4.74 Å². The second kappa shape index (κ2) is 9.00. The molecule has 0 aliphatic rings. The molecule has 1 rings (SSSR count). The van der Waals surface area contributed by atoms with Gasteiger partial charge in [0.1, 0.15) is 5.75 Å². The average molecular weight is 316 g/mol. The lowest BCUT2D eigenvalue weighted by Crippen LogP contribution is -2.36. The molecule has 8 heteroatoms. The molecule has 0 aliphatic heterocycles. The Morgan fingerprint density at radius 2 is 1.91 bits per heavy atom. The summed E-state index contributed by atoms with van der Waals surface area (Å²) in [5, 5.41) is 27.9. The van der Waals surface area contributed by atoms with E-state index >= 15 is 0 Å². The van der Waals surface area contributed by atoms with Gasteiger partial charge < -0.3 is 9.64 Å². The maximum absolute atomic E-state index is 12.1. The first kappa shape index (κ1) is 17.9. The number of hydrogen-bond donors (Lipinski definition) is 0. The summed E-state index contributed by atoms with van der Waals surface area (Å²) < 4.78 is 5.34. The summed E-state index contributed by atoms with van der Waals surface area (Å²) >= 11 is 0. The van der Waals surface area contributed by atoms with Crippen molar-refractivity contribution in [1.82, 2.24) is 4.90 Å². The third-order valence-electron chi connectivity index (χ3n) is 3.07. The van der Waals surface area contributed by atoms with E-state index in [-0.39, 0.29) is 44.1 Å². The van der Waals surface area contributed by atoms with Gasteiger partial charge in [-0.3, -0.25) is 14.9 Å². The van der Waals surface area contributed by atoms with Crippen LogP contribution in [0.4, 0.5) is 5.69 Å². The zero-order valence-electron chi connectivity index (χ0n) is 12.7. The second-order valence-electron chi connectivity index (χ2n) is 4.69. The zero-order chi connectivity index (χ0) is 17.2. The van der Waals surface area contributed by atoms with E-state index in [1.165, 1.54) is 23.1 Å². The van der Waals surface area contributed by atoms with Gasteiger partial charge >= 0.3 is 0 Å². The number of amides is 1. The number of carbonyl (C=O) groups excluding carboxylic acids is 1. The molecule has 1 aromatic carbocycles. The fourth-order valence-electron chi connectivity index (χ4n) is 1.89. The first-order valence-corrected chi connectivity index (χ1v) is 6.89. The van der Waals surface area contributed by atoms with Gasteiger partial charge in [-0.1, -0.05) is 0 Å². The average Bonchev–Trinajstić information content (AvgIpc) is 2.52. The molecule has 0 saturated heterocycles. The maximum atomic E-state index is 12.1. The molecule has 0 heterocycles. The third kappa shape index (κ3) is 5.64. The fourth-order valence-corrected chi connectivity index (χ4v) is 1.89. The molecule has 0 atom stereocenters. The Bertz CT molecular complexity index is 642. The van der Waals surface area contributed by atoms with Gasteiger partial charge in [-0.05, 0) is 19.1 Å². The van der Waals surface area contributed by atoms with Crippen molar-refractivity contribution in [2.45, 2.75) is 19.8 Å². The standard InChI is InChI=1S/C15H16N4O4/c1-12-10-13(4-5-14(12)19(21)22)23-11-15(20)18(8-2-6-16)9-3-7-17/h4-5,10H,2-3,8-9,11H2,1H3. The molecule has 0 radical (unpaired) electrons.